The van der Waals surface area contributed by atoms with Crippen LogP contribution >= 0.6 is 0 Å². The molecule has 6 rings (SSSR count). The maximum absolute atomic E-state index is 14.6. The summed E-state index contributed by atoms with van der Waals surface area (Å²) in [5.41, 5.74) is 3.45. The molecule has 0 saturated carbocycles. The van der Waals surface area contributed by atoms with Crippen molar-refractivity contribution in [2.24, 2.45) is 7.05 Å². The minimum Gasteiger partial charge on any atom is -0.369 e. The summed E-state index contributed by atoms with van der Waals surface area (Å²) in [6.45, 7) is 3.77. The molecule has 0 bridgehead atoms. The monoisotopic (exact) mass is 491 g/mol. The largest absolute Gasteiger partial charge is 0.369 e. The van der Waals surface area contributed by atoms with E-state index >= 15 is 0 Å². The molecule has 1 aromatic carbocycles. The first-order valence-electron chi connectivity index (χ1n) is 12.1. The van der Waals surface area contributed by atoms with Crippen LogP contribution < -0.4 is 10.2 Å². The summed E-state index contributed by atoms with van der Waals surface area (Å²) < 4.78 is 16.7. The van der Waals surface area contributed by atoms with Gasteiger partial charge in [0.15, 0.2) is 5.65 Å². The van der Waals surface area contributed by atoms with Crippen molar-refractivity contribution < 1.29 is 18.8 Å². The van der Waals surface area contributed by atoms with Gasteiger partial charge >= 0.3 is 0 Å². The van der Waals surface area contributed by atoms with Gasteiger partial charge in [-0.3, -0.25) is 24.6 Å². The zero-order chi connectivity index (χ0) is 25.0. The molecule has 1 unspecified atom stereocenters. The average molecular weight is 492 g/mol. The Morgan fingerprint density at radius 2 is 1.94 bits per heavy atom. The Hall–Kier alpha value is -3.86. The molecule has 0 spiro atoms. The Balaban J connectivity index is 1.18. The summed E-state index contributed by atoms with van der Waals surface area (Å²) in [7, 11) is 1.99. The molecule has 1 atom stereocenters. The molecule has 36 heavy (non-hydrogen) atoms. The average Bonchev–Trinajstić information content (AvgIpc) is 3.36. The van der Waals surface area contributed by atoms with Crippen LogP contribution in [0.2, 0.25) is 0 Å². The molecule has 186 valence electrons. The van der Waals surface area contributed by atoms with E-state index < -0.39 is 17.8 Å². The van der Waals surface area contributed by atoms with Gasteiger partial charge in [-0.05, 0) is 30.7 Å². The zero-order valence-corrected chi connectivity index (χ0v) is 19.9. The number of pyridine rings is 1. The molecule has 0 aliphatic carbocycles. The van der Waals surface area contributed by atoms with Crippen molar-refractivity contribution in [3.8, 4) is 0 Å². The number of carbonyl (C=O) groups is 3. The van der Waals surface area contributed by atoms with E-state index in [2.05, 4.69) is 29.7 Å². The Morgan fingerprint density at radius 1 is 1.14 bits per heavy atom. The number of aromatic nitrogens is 3. The van der Waals surface area contributed by atoms with E-state index in [1.165, 1.54) is 17.0 Å². The van der Waals surface area contributed by atoms with Gasteiger partial charge in [0, 0.05) is 69.2 Å². The summed E-state index contributed by atoms with van der Waals surface area (Å²) in [6.07, 6.45) is 2.20. The number of piperidine rings is 1. The molecule has 3 amide bonds. The molecule has 0 radical (unpaired) electrons. The molecule has 2 saturated heterocycles. The second kappa shape index (κ2) is 8.66. The van der Waals surface area contributed by atoms with Gasteiger partial charge in [0.1, 0.15) is 17.7 Å². The van der Waals surface area contributed by atoms with Gasteiger partial charge in [-0.15, -0.1) is 0 Å². The lowest BCUT2D eigenvalue weighted by Gasteiger charge is -2.37. The van der Waals surface area contributed by atoms with Crippen molar-refractivity contribution >= 4 is 34.6 Å². The third-order valence-corrected chi connectivity index (χ3v) is 7.42. The quantitative estimate of drug-likeness (QED) is 0.547. The highest BCUT2D eigenvalue weighted by Gasteiger charge is 2.41. The number of nitrogens with zero attached hydrogens (tertiary/aromatic N) is 6. The number of imidazole rings is 1. The predicted octanol–water partition coefficient (Wildman–Crippen LogP) is 1.19. The van der Waals surface area contributed by atoms with Crippen LogP contribution in [-0.2, 0) is 29.7 Å². The normalized spacial score (nSPS) is 20.8. The number of hydrogen-bond acceptors (Lipinski definition) is 7. The molecule has 1 N–H and O–H groups in total. The van der Waals surface area contributed by atoms with Crippen LogP contribution in [0.15, 0.2) is 30.5 Å². The van der Waals surface area contributed by atoms with E-state index in [9.17, 15) is 18.8 Å². The van der Waals surface area contributed by atoms with Crippen molar-refractivity contribution in [3.05, 3.63) is 53.2 Å². The fraction of sp³-hybridized carbons (Fsp3) is 0.400. The first kappa shape index (κ1) is 22.6. The second-order valence-electron chi connectivity index (χ2n) is 9.55. The summed E-state index contributed by atoms with van der Waals surface area (Å²) in [4.78, 5) is 51.9. The number of amides is 3. The Kier molecular flexibility index (Phi) is 5.44. The van der Waals surface area contributed by atoms with Crippen molar-refractivity contribution in [2.45, 2.75) is 32.0 Å². The molecule has 3 aliphatic rings. The van der Waals surface area contributed by atoms with E-state index in [-0.39, 0.29) is 31.2 Å². The molecule has 3 aliphatic heterocycles. The fourth-order valence-electron chi connectivity index (χ4n) is 5.45. The SMILES string of the molecule is Cn1c(CN2CCN(c3cc(F)cc4c3CN(C3CCC(=O)NC3=O)C4=O)CC2)nc2ncccc21. The maximum atomic E-state index is 14.6. The minimum absolute atomic E-state index is 0.182. The number of hydrogen-bond donors (Lipinski definition) is 1. The number of anilines is 1. The van der Waals surface area contributed by atoms with Crippen LogP contribution in [0.1, 0.15) is 34.6 Å². The van der Waals surface area contributed by atoms with E-state index in [0.717, 1.165) is 35.6 Å². The number of imide groups is 1. The van der Waals surface area contributed by atoms with Crippen molar-refractivity contribution in [1.82, 2.24) is 29.7 Å². The molecule has 2 aromatic heterocycles. The molecule has 10 nitrogen and oxygen atoms in total. The first-order chi connectivity index (χ1) is 17.4. The highest BCUT2D eigenvalue weighted by atomic mass is 19.1. The lowest BCUT2D eigenvalue weighted by Crippen LogP contribution is -2.52. The first-order valence-corrected chi connectivity index (χ1v) is 12.1. The number of carbonyl (C=O) groups excluding carboxylic acids is 3. The third kappa shape index (κ3) is 3.79. The van der Waals surface area contributed by atoms with E-state index in [4.69, 9.17) is 0 Å². The van der Waals surface area contributed by atoms with Crippen LogP contribution in [0.25, 0.3) is 11.2 Å². The van der Waals surface area contributed by atoms with Gasteiger partial charge in [-0.25, -0.2) is 14.4 Å². The van der Waals surface area contributed by atoms with Crippen molar-refractivity contribution in [3.63, 3.8) is 0 Å². The zero-order valence-electron chi connectivity index (χ0n) is 19.9. The number of nitrogens with one attached hydrogen (secondary N) is 1. The number of rotatable bonds is 4. The smallest absolute Gasteiger partial charge is 0.255 e. The summed E-state index contributed by atoms with van der Waals surface area (Å²) >= 11 is 0. The van der Waals surface area contributed by atoms with E-state index in [1.54, 1.807) is 6.20 Å². The topological polar surface area (TPSA) is 104 Å². The molecule has 3 aromatic rings. The Labute approximate surface area is 206 Å². The Bertz CT molecular complexity index is 1400. The molecular weight excluding hydrogens is 465 g/mol. The Morgan fingerprint density at radius 3 is 2.69 bits per heavy atom. The van der Waals surface area contributed by atoms with E-state index in [1.807, 2.05) is 19.2 Å². The molecule has 2 fully saturated rings. The molecule has 5 heterocycles. The molecule has 11 heteroatoms. The number of halogens is 1. The van der Waals surface area contributed by atoms with Gasteiger partial charge < -0.3 is 14.4 Å². The lowest BCUT2D eigenvalue weighted by atomic mass is 10.0. The van der Waals surface area contributed by atoms with Gasteiger partial charge in [-0.2, -0.15) is 0 Å². The van der Waals surface area contributed by atoms with Crippen molar-refractivity contribution in [2.75, 3.05) is 31.1 Å². The van der Waals surface area contributed by atoms with Gasteiger partial charge in [0.25, 0.3) is 5.91 Å². The van der Waals surface area contributed by atoms with E-state index in [0.29, 0.717) is 30.9 Å². The highest BCUT2D eigenvalue weighted by Crippen LogP contribution is 2.35. The third-order valence-electron chi connectivity index (χ3n) is 7.42. The highest BCUT2D eigenvalue weighted by molar-refractivity contribution is 6.06. The van der Waals surface area contributed by atoms with Crippen LogP contribution in [0, 0.1) is 5.82 Å². The second-order valence-corrected chi connectivity index (χ2v) is 9.55. The summed E-state index contributed by atoms with van der Waals surface area (Å²) in [5, 5.41) is 2.31. The van der Waals surface area contributed by atoms with Crippen LogP contribution in [0.3, 0.4) is 0 Å². The lowest BCUT2D eigenvalue weighted by molar-refractivity contribution is -0.136. The van der Waals surface area contributed by atoms with Crippen molar-refractivity contribution in [1.29, 1.82) is 0 Å². The van der Waals surface area contributed by atoms with Gasteiger partial charge in [0.2, 0.25) is 11.8 Å². The number of fused-ring (bicyclic) bond motifs is 2. The minimum atomic E-state index is -0.724. The fourth-order valence-corrected chi connectivity index (χ4v) is 5.45. The van der Waals surface area contributed by atoms with Gasteiger partial charge in [0.05, 0.1) is 12.1 Å². The number of benzene rings is 1. The van der Waals surface area contributed by atoms with Crippen LogP contribution in [0.4, 0.5) is 10.1 Å². The summed E-state index contributed by atoms with van der Waals surface area (Å²) in [6, 6.07) is 5.91. The summed E-state index contributed by atoms with van der Waals surface area (Å²) in [5.74, 6) is -0.708. The van der Waals surface area contributed by atoms with Gasteiger partial charge in [-0.1, -0.05) is 0 Å². The maximum Gasteiger partial charge on any atom is 0.255 e. The number of piperazine rings is 1. The van der Waals surface area contributed by atoms with Crippen LogP contribution in [-0.4, -0.2) is 74.3 Å². The molecular formula is C25H26FN7O3. The predicted molar refractivity (Wildman–Crippen MR) is 128 cm³/mol. The van der Waals surface area contributed by atoms with Crippen LogP contribution in [0.5, 0.6) is 0 Å². The standard InChI is InChI=1S/C25H26FN7O3/c1-30-18-3-2-6-27-23(18)28-21(30)14-31-7-9-32(10-8-31)20-12-15(26)11-16-17(20)13-33(25(16)36)19-4-5-22(34)29-24(19)35/h2-3,6,11-12,19H,4-5,7-10,13-14H2,1H3,(H,29,34,35). The number of aryl methyl sites for hydroxylation is 1.